The van der Waals surface area contributed by atoms with Crippen molar-refractivity contribution in [2.24, 2.45) is 0 Å². The van der Waals surface area contributed by atoms with Crippen molar-refractivity contribution in [3.05, 3.63) is 47.8 Å². The molecule has 0 unspecified atom stereocenters. The molecular weight excluding hydrogens is 231 g/mol. The Hall–Kier alpha value is -1.75. The van der Waals surface area contributed by atoms with Crippen LogP contribution in [0.3, 0.4) is 0 Å². The Kier molecular flexibility index (Phi) is 4.41. The predicted octanol–water partition coefficient (Wildman–Crippen LogP) is 1.77. The summed E-state index contributed by atoms with van der Waals surface area (Å²) in [6.45, 7) is 4.41. The first-order valence-corrected chi connectivity index (χ1v) is 6.11. The van der Waals surface area contributed by atoms with Crippen molar-refractivity contribution in [2.75, 3.05) is 6.54 Å². The molecular formula is C13H17FN4. The average molecular weight is 248 g/mol. The van der Waals surface area contributed by atoms with Crippen LogP contribution in [0, 0.1) is 5.82 Å². The van der Waals surface area contributed by atoms with Crippen LogP contribution in [-0.2, 0) is 19.5 Å². The highest BCUT2D eigenvalue weighted by atomic mass is 19.1. The molecule has 0 aliphatic carbocycles. The zero-order valence-corrected chi connectivity index (χ0v) is 10.4. The van der Waals surface area contributed by atoms with Crippen LogP contribution in [0.1, 0.15) is 18.3 Å². The number of nitrogens with one attached hydrogen (secondary N) is 1. The smallest absolute Gasteiger partial charge is 0.140 e. The molecule has 2 rings (SSSR count). The van der Waals surface area contributed by atoms with E-state index in [1.54, 1.807) is 6.33 Å². The highest BCUT2D eigenvalue weighted by Crippen LogP contribution is 2.03. The zero-order valence-electron chi connectivity index (χ0n) is 10.4. The van der Waals surface area contributed by atoms with Gasteiger partial charge in [0.05, 0.1) is 6.54 Å². The number of hydrogen-bond donors (Lipinski definition) is 1. The molecule has 5 heteroatoms. The normalized spacial score (nSPS) is 10.8. The highest BCUT2D eigenvalue weighted by Gasteiger charge is 2.01. The van der Waals surface area contributed by atoms with Crippen LogP contribution in [0.4, 0.5) is 4.39 Å². The van der Waals surface area contributed by atoms with Crippen LogP contribution < -0.4 is 5.32 Å². The molecule has 0 fully saturated rings. The topological polar surface area (TPSA) is 42.7 Å². The van der Waals surface area contributed by atoms with Crippen LogP contribution in [0.2, 0.25) is 0 Å². The lowest BCUT2D eigenvalue weighted by Gasteiger charge is -2.05. The fraction of sp³-hybridized carbons (Fsp3) is 0.385. The molecule has 0 atom stereocenters. The SMILES string of the molecule is CCn1ncnc1CNCCc1ccc(F)cc1. The van der Waals surface area contributed by atoms with E-state index >= 15 is 0 Å². The molecule has 96 valence electrons. The van der Waals surface area contributed by atoms with Crippen LogP contribution in [0.15, 0.2) is 30.6 Å². The average Bonchev–Trinajstić information content (AvgIpc) is 2.84. The Balaban J connectivity index is 1.74. The van der Waals surface area contributed by atoms with Gasteiger partial charge in [-0.3, -0.25) is 0 Å². The maximum absolute atomic E-state index is 12.7. The second kappa shape index (κ2) is 6.26. The van der Waals surface area contributed by atoms with Gasteiger partial charge < -0.3 is 5.32 Å². The summed E-state index contributed by atoms with van der Waals surface area (Å²) in [4.78, 5) is 4.18. The predicted molar refractivity (Wildman–Crippen MR) is 67.5 cm³/mol. The highest BCUT2D eigenvalue weighted by molar-refractivity contribution is 5.16. The minimum absolute atomic E-state index is 0.192. The summed E-state index contributed by atoms with van der Waals surface area (Å²) < 4.78 is 14.6. The lowest BCUT2D eigenvalue weighted by Crippen LogP contribution is -2.19. The molecule has 2 aromatic rings. The summed E-state index contributed by atoms with van der Waals surface area (Å²) >= 11 is 0. The Bertz CT molecular complexity index is 478. The molecule has 1 aromatic carbocycles. The van der Waals surface area contributed by atoms with Crippen molar-refractivity contribution in [3.8, 4) is 0 Å². The molecule has 0 saturated heterocycles. The molecule has 0 bridgehead atoms. The third-order valence-corrected chi connectivity index (χ3v) is 2.78. The van der Waals surface area contributed by atoms with Crippen molar-refractivity contribution in [3.63, 3.8) is 0 Å². The summed E-state index contributed by atoms with van der Waals surface area (Å²) in [5, 5.41) is 7.41. The van der Waals surface area contributed by atoms with Crippen LogP contribution in [0.25, 0.3) is 0 Å². The van der Waals surface area contributed by atoms with Crippen molar-refractivity contribution in [1.82, 2.24) is 20.1 Å². The van der Waals surface area contributed by atoms with Gasteiger partial charge in [0.2, 0.25) is 0 Å². The van der Waals surface area contributed by atoms with Crippen LogP contribution in [-0.4, -0.2) is 21.3 Å². The van der Waals surface area contributed by atoms with E-state index in [-0.39, 0.29) is 5.82 Å². The Morgan fingerprint density at radius 3 is 2.78 bits per heavy atom. The van der Waals surface area contributed by atoms with Gasteiger partial charge in [0, 0.05) is 6.54 Å². The molecule has 0 aliphatic heterocycles. The van der Waals surface area contributed by atoms with E-state index in [1.807, 2.05) is 23.7 Å². The van der Waals surface area contributed by atoms with E-state index in [0.717, 1.165) is 30.9 Å². The molecule has 0 saturated carbocycles. The van der Waals surface area contributed by atoms with Gasteiger partial charge in [0.1, 0.15) is 18.0 Å². The Morgan fingerprint density at radius 2 is 2.06 bits per heavy atom. The number of nitrogens with zero attached hydrogens (tertiary/aromatic N) is 3. The van der Waals surface area contributed by atoms with E-state index in [4.69, 9.17) is 0 Å². The molecule has 0 amide bonds. The number of halogens is 1. The second-order valence-corrected chi connectivity index (χ2v) is 4.05. The van der Waals surface area contributed by atoms with Crippen molar-refractivity contribution in [1.29, 1.82) is 0 Å². The maximum atomic E-state index is 12.7. The van der Waals surface area contributed by atoms with Crippen molar-refractivity contribution in [2.45, 2.75) is 26.4 Å². The van der Waals surface area contributed by atoms with Gasteiger partial charge in [-0.15, -0.1) is 0 Å². The van der Waals surface area contributed by atoms with Gasteiger partial charge in [-0.2, -0.15) is 5.10 Å². The Morgan fingerprint density at radius 1 is 1.28 bits per heavy atom. The standard InChI is InChI=1S/C13H17FN4/c1-2-18-13(16-10-17-18)9-15-8-7-11-3-5-12(14)6-4-11/h3-6,10,15H,2,7-9H2,1H3. The van der Waals surface area contributed by atoms with Gasteiger partial charge in [0.15, 0.2) is 0 Å². The number of benzene rings is 1. The minimum Gasteiger partial charge on any atom is -0.310 e. The molecule has 0 aliphatic rings. The molecule has 0 spiro atoms. The largest absolute Gasteiger partial charge is 0.310 e. The number of hydrogen-bond acceptors (Lipinski definition) is 3. The van der Waals surface area contributed by atoms with E-state index in [9.17, 15) is 4.39 Å². The van der Waals surface area contributed by atoms with Gasteiger partial charge in [-0.05, 0) is 37.6 Å². The summed E-state index contributed by atoms with van der Waals surface area (Å²) in [5.41, 5.74) is 1.13. The Labute approximate surface area is 106 Å². The maximum Gasteiger partial charge on any atom is 0.140 e. The number of aryl methyl sites for hydroxylation is 1. The summed E-state index contributed by atoms with van der Waals surface area (Å²) in [7, 11) is 0. The van der Waals surface area contributed by atoms with Crippen molar-refractivity contribution >= 4 is 0 Å². The fourth-order valence-electron chi connectivity index (χ4n) is 1.77. The molecule has 18 heavy (non-hydrogen) atoms. The lowest BCUT2D eigenvalue weighted by atomic mass is 10.1. The first-order chi connectivity index (χ1) is 8.79. The monoisotopic (exact) mass is 248 g/mol. The van der Waals surface area contributed by atoms with E-state index in [1.165, 1.54) is 12.1 Å². The number of aromatic nitrogens is 3. The van der Waals surface area contributed by atoms with E-state index in [0.29, 0.717) is 6.54 Å². The molecule has 4 nitrogen and oxygen atoms in total. The second-order valence-electron chi connectivity index (χ2n) is 4.05. The van der Waals surface area contributed by atoms with Crippen LogP contribution in [0.5, 0.6) is 0 Å². The number of rotatable bonds is 6. The van der Waals surface area contributed by atoms with Gasteiger partial charge in [0.25, 0.3) is 0 Å². The quantitative estimate of drug-likeness (QED) is 0.792. The molecule has 0 radical (unpaired) electrons. The first kappa shape index (κ1) is 12.7. The third kappa shape index (κ3) is 3.37. The first-order valence-electron chi connectivity index (χ1n) is 6.11. The van der Waals surface area contributed by atoms with E-state index in [2.05, 4.69) is 15.4 Å². The molecule has 1 aromatic heterocycles. The molecule has 1 N–H and O–H groups in total. The van der Waals surface area contributed by atoms with E-state index < -0.39 is 0 Å². The molecule has 1 heterocycles. The van der Waals surface area contributed by atoms with Gasteiger partial charge >= 0.3 is 0 Å². The zero-order chi connectivity index (χ0) is 12.8. The third-order valence-electron chi connectivity index (χ3n) is 2.78. The summed E-state index contributed by atoms with van der Waals surface area (Å²) in [5.74, 6) is 0.749. The summed E-state index contributed by atoms with van der Waals surface area (Å²) in [6.07, 6.45) is 2.45. The fourth-order valence-corrected chi connectivity index (χ4v) is 1.77. The van der Waals surface area contributed by atoms with Crippen LogP contribution >= 0.6 is 0 Å². The van der Waals surface area contributed by atoms with Gasteiger partial charge in [-0.1, -0.05) is 12.1 Å². The van der Waals surface area contributed by atoms with Crippen molar-refractivity contribution < 1.29 is 4.39 Å². The van der Waals surface area contributed by atoms with Gasteiger partial charge in [-0.25, -0.2) is 14.1 Å². The summed E-state index contributed by atoms with van der Waals surface area (Å²) in [6, 6.07) is 6.60. The minimum atomic E-state index is -0.192. The lowest BCUT2D eigenvalue weighted by molar-refractivity contribution is 0.573.